The molecule has 110 valence electrons. The standard InChI is InChI=1S/C11H18N6O3/c1-15(2)11(20)12-9-6-17(14-13-9)7-10(19)16-4-3-8(18)5-16/h6,8,18H,3-5,7H2,1-2H3,(H,12,20). The number of carbonyl (C=O) groups is 2. The highest BCUT2D eigenvalue weighted by Crippen LogP contribution is 2.10. The molecule has 1 aromatic heterocycles. The number of β-amino-alcohol motifs (C(OH)–C–C–N with tert-alkyl or cyclic N) is 1. The second kappa shape index (κ2) is 5.87. The van der Waals surface area contributed by atoms with Gasteiger partial charge in [0.05, 0.1) is 12.3 Å². The summed E-state index contributed by atoms with van der Waals surface area (Å²) in [6.45, 7) is 0.953. The summed E-state index contributed by atoms with van der Waals surface area (Å²) >= 11 is 0. The first kappa shape index (κ1) is 14.3. The van der Waals surface area contributed by atoms with Crippen LogP contribution in [0.5, 0.6) is 0 Å². The van der Waals surface area contributed by atoms with E-state index in [4.69, 9.17) is 0 Å². The van der Waals surface area contributed by atoms with Gasteiger partial charge in [-0.15, -0.1) is 5.10 Å². The van der Waals surface area contributed by atoms with Gasteiger partial charge < -0.3 is 14.9 Å². The first-order valence-electron chi connectivity index (χ1n) is 6.30. The first-order chi connectivity index (χ1) is 9.45. The molecule has 2 rings (SSSR count). The van der Waals surface area contributed by atoms with Gasteiger partial charge in [-0.05, 0) is 6.42 Å². The number of hydrogen-bond donors (Lipinski definition) is 2. The zero-order valence-electron chi connectivity index (χ0n) is 11.5. The van der Waals surface area contributed by atoms with Gasteiger partial charge in [0.15, 0.2) is 5.82 Å². The number of nitrogens with one attached hydrogen (secondary N) is 1. The lowest BCUT2D eigenvalue weighted by Crippen LogP contribution is -2.32. The molecule has 0 bridgehead atoms. The number of aliphatic hydroxyl groups is 1. The molecule has 1 aliphatic heterocycles. The van der Waals surface area contributed by atoms with Crippen LogP contribution >= 0.6 is 0 Å². The molecule has 1 fully saturated rings. The molecule has 0 saturated carbocycles. The van der Waals surface area contributed by atoms with Crippen molar-refractivity contribution in [1.29, 1.82) is 0 Å². The third kappa shape index (κ3) is 3.44. The number of carbonyl (C=O) groups excluding carboxylic acids is 2. The fourth-order valence-corrected chi connectivity index (χ4v) is 1.86. The Kier molecular flexibility index (Phi) is 4.18. The minimum absolute atomic E-state index is 0.0392. The summed E-state index contributed by atoms with van der Waals surface area (Å²) in [7, 11) is 3.23. The van der Waals surface area contributed by atoms with Crippen molar-refractivity contribution in [1.82, 2.24) is 24.8 Å². The molecule has 20 heavy (non-hydrogen) atoms. The van der Waals surface area contributed by atoms with E-state index in [1.807, 2.05) is 0 Å². The van der Waals surface area contributed by atoms with Gasteiger partial charge in [0.1, 0.15) is 6.54 Å². The van der Waals surface area contributed by atoms with Crippen molar-refractivity contribution in [2.24, 2.45) is 0 Å². The Labute approximate surface area is 116 Å². The first-order valence-corrected chi connectivity index (χ1v) is 6.30. The van der Waals surface area contributed by atoms with E-state index in [0.717, 1.165) is 0 Å². The lowest BCUT2D eigenvalue weighted by Gasteiger charge is -2.14. The molecular weight excluding hydrogens is 264 g/mol. The fraction of sp³-hybridized carbons (Fsp3) is 0.636. The number of anilines is 1. The zero-order valence-corrected chi connectivity index (χ0v) is 11.5. The van der Waals surface area contributed by atoms with Crippen LogP contribution in [0.4, 0.5) is 10.6 Å². The molecule has 1 aromatic rings. The Bertz CT molecular complexity index is 500. The highest BCUT2D eigenvalue weighted by Gasteiger charge is 2.24. The second-order valence-corrected chi connectivity index (χ2v) is 4.91. The lowest BCUT2D eigenvalue weighted by atomic mass is 10.3. The number of hydrogen-bond acceptors (Lipinski definition) is 5. The van der Waals surface area contributed by atoms with Gasteiger partial charge >= 0.3 is 6.03 Å². The predicted molar refractivity (Wildman–Crippen MR) is 69.9 cm³/mol. The summed E-state index contributed by atoms with van der Waals surface area (Å²) < 4.78 is 1.36. The van der Waals surface area contributed by atoms with Crippen molar-refractivity contribution in [2.75, 3.05) is 32.5 Å². The SMILES string of the molecule is CN(C)C(=O)Nc1cn(CC(=O)N2CCC(O)C2)nn1. The van der Waals surface area contributed by atoms with Crippen LogP contribution in [0.3, 0.4) is 0 Å². The fourth-order valence-electron chi connectivity index (χ4n) is 1.86. The molecule has 3 amide bonds. The quantitative estimate of drug-likeness (QED) is 0.737. The van der Waals surface area contributed by atoms with Crippen molar-refractivity contribution in [2.45, 2.75) is 19.1 Å². The van der Waals surface area contributed by atoms with Crippen molar-refractivity contribution < 1.29 is 14.7 Å². The Morgan fingerprint density at radius 1 is 1.55 bits per heavy atom. The van der Waals surface area contributed by atoms with Gasteiger partial charge in [-0.1, -0.05) is 5.21 Å². The van der Waals surface area contributed by atoms with Crippen molar-refractivity contribution in [3.05, 3.63) is 6.20 Å². The van der Waals surface area contributed by atoms with Gasteiger partial charge in [-0.2, -0.15) is 0 Å². The highest BCUT2D eigenvalue weighted by atomic mass is 16.3. The van der Waals surface area contributed by atoms with E-state index in [0.29, 0.717) is 19.5 Å². The molecule has 1 unspecified atom stereocenters. The monoisotopic (exact) mass is 282 g/mol. The maximum Gasteiger partial charge on any atom is 0.322 e. The van der Waals surface area contributed by atoms with Crippen LogP contribution in [-0.4, -0.2) is 75.1 Å². The topological polar surface area (TPSA) is 104 Å². The van der Waals surface area contributed by atoms with Crippen LogP contribution in [0.25, 0.3) is 0 Å². The number of amides is 3. The van der Waals surface area contributed by atoms with Crippen LogP contribution in [0, 0.1) is 0 Å². The summed E-state index contributed by atoms with van der Waals surface area (Å²) in [5.41, 5.74) is 0. The van der Waals surface area contributed by atoms with E-state index in [2.05, 4.69) is 15.6 Å². The molecule has 2 heterocycles. The van der Waals surface area contributed by atoms with E-state index in [-0.39, 0.29) is 24.3 Å². The van der Waals surface area contributed by atoms with E-state index in [1.54, 1.807) is 19.0 Å². The summed E-state index contributed by atoms with van der Waals surface area (Å²) in [5.74, 6) is 0.162. The van der Waals surface area contributed by atoms with Crippen molar-refractivity contribution in [3.8, 4) is 0 Å². The molecule has 9 heteroatoms. The highest BCUT2D eigenvalue weighted by molar-refractivity contribution is 5.87. The number of likely N-dealkylation sites (tertiary alicyclic amines) is 1. The molecule has 1 saturated heterocycles. The van der Waals surface area contributed by atoms with Gasteiger partial charge in [0.2, 0.25) is 5.91 Å². The minimum Gasteiger partial charge on any atom is -0.391 e. The molecule has 9 nitrogen and oxygen atoms in total. The summed E-state index contributed by atoms with van der Waals surface area (Å²) in [6.07, 6.45) is 1.66. The summed E-state index contributed by atoms with van der Waals surface area (Å²) in [4.78, 5) is 26.3. The van der Waals surface area contributed by atoms with E-state index < -0.39 is 6.10 Å². The molecule has 1 atom stereocenters. The lowest BCUT2D eigenvalue weighted by molar-refractivity contribution is -0.131. The number of urea groups is 1. The van der Waals surface area contributed by atoms with Gasteiger partial charge in [0, 0.05) is 27.2 Å². The normalized spacial score (nSPS) is 18.1. The molecule has 0 radical (unpaired) electrons. The van der Waals surface area contributed by atoms with Crippen LogP contribution in [0.2, 0.25) is 0 Å². The number of rotatable bonds is 3. The van der Waals surface area contributed by atoms with Crippen LogP contribution in [0.15, 0.2) is 6.20 Å². The van der Waals surface area contributed by atoms with Gasteiger partial charge in [0.25, 0.3) is 0 Å². The third-order valence-corrected chi connectivity index (χ3v) is 2.99. The summed E-state index contributed by atoms with van der Waals surface area (Å²) in [6, 6.07) is -0.314. The maximum atomic E-state index is 11.9. The molecular formula is C11H18N6O3. The average molecular weight is 282 g/mol. The third-order valence-electron chi connectivity index (χ3n) is 2.99. The molecule has 2 N–H and O–H groups in total. The van der Waals surface area contributed by atoms with Crippen molar-refractivity contribution >= 4 is 17.8 Å². The smallest absolute Gasteiger partial charge is 0.322 e. The number of nitrogens with zero attached hydrogens (tertiary/aromatic N) is 5. The Morgan fingerprint density at radius 2 is 2.30 bits per heavy atom. The second-order valence-electron chi connectivity index (χ2n) is 4.91. The maximum absolute atomic E-state index is 11.9. The van der Waals surface area contributed by atoms with E-state index in [1.165, 1.54) is 15.8 Å². The molecule has 0 aromatic carbocycles. The summed E-state index contributed by atoms with van der Waals surface area (Å²) in [5, 5.41) is 19.5. The average Bonchev–Trinajstić information content (AvgIpc) is 2.98. The van der Waals surface area contributed by atoms with Crippen LogP contribution < -0.4 is 5.32 Å². The van der Waals surface area contributed by atoms with Crippen molar-refractivity contribution in [3.63, 3.8) is 0 Å². The number of aromatic nitrogens is 3. The predicted octanol–water partition coefficient (Wildman–Crippen LogP) is -1.04. The Balaban J connectivity index is 1.89. The van der Waals surface area contributed by atoms with Crippen LogP contribution in [0.1, 0.15) is 6.42 Å². The van der Waals surface area contributed by atoms with E-state index in [9.17, 15) is 14.7 Å². The zero-order chi connectivity index (χ0) is 14.7. The number of aliphatic hydroxyl groups excluding tert-OH is 1. The van der Waals surface area contributed by atoms with Crippen LogP contribution in [-0.2, 0) is 11.3 Å². The Hall–Kier alpha value is -2.16. The molecule has 0 aliphatic carbocycles. The van der Waals surface area contributed by atoms with E-state index >= 15 is 0 Å². The largest absolute Gasteiger partial charge is 0.391 e. The Morgan fingerprint density at radius 3 is 2.90 bits per heavy atom. The van der Waals surface area contributed by atoms with Gasteiger partial charge in [-0.25, -0.2) is 9.48 Å². The minimum atomic E-state index is -0.440. The van der Waals surface area contributed by atoms with Gasteiger partial charge in [-0.3, -0.25) is 10.1 Å². The molecule has 0 spiro atoms. The molecule has 1 aliphatic rings.